The van der Waals surface area contributed by atoms with Gasteiger partial charge in [0.15, 0.2) is 0 Å². The molecule has 182 valence electrons. The van der Waals surface area contributed by atoms with Gasteiger partial charge in [0, 0.05) is 13.0 Å². The Hall–Kier alpha value is -3.35. The first kappa shape index (κ1) is 25.3. The van der Waals surface area contributed by atoms with Crippen molar-refractivity contribution >= 4 is 28.7 Å². The van der Waals surface area contributed by atoms with Gasteiger partial charge in [-0.1, -0.05) is 48.5 Å². The Morgan fingerprint density at radius 1 is 1.18 bits per heavy atom. The Morgan fingerprint density at radius 2 is 1.88 bits per heavy atom. The smallest absolute Gasteiger partial charge is 0.410 e. The molecule has 0 aliphatic carbocycles. The molecule has 2 aromatic carbocycles. The number of likely N-dealkylation sites (tertiary alicyclic amines) is 1. The summed E-state index contributed by atoms with van der Waals surface area (Å²) in [4.78, 5) is 40.1. The van der Waals surface area contributed by atoms with Gasteiger partial charge in [0.2, 0.25) is 5.91 Å². The molecule has 1 aliphatic rings. The van der Waals surface area contributed by atoms with Crippen LogP contribution in [0.3, 0.4) is 0 Å². The average molecular weight is 467 g/mol. The fraction of sp³-hybridized carbons (Fsp3) is 0.444. The zero-order chi connectivity index (χ0) is 24.9. The molecule has 2 aromatic rings. The lowest BCUT2D eigenvalue weighted by molar-refractivity contribution is -0.145. The summed E-state index contributed by atoms with van der Waals surface area (Å²) in [6.07, 6.45) is 2.68. The van der Waals surface area contributed by atoms with Crippen LogP contribution in [0.1, 0.15) is 39.2 Å². The molecule has 0 unspecified atom stereocenters. The third-order valence-corrected chi connectivity index (χ3v) is 5.87. The van der Waals surface area contributed by atoms with E-state index in [1.165, 1.54) is 12.0 Å². The molecule has 3 atom stereocenters. The first-order chi connectivity index (χ1) is 16.1. The predicted octanol–water partition coefficient (Wildman–Crippen LogP) is 4.24. The molecule has 1 fully saturated rings. The molecule has 0 saturated carbocycles. The Kier molecular flexibility index (Phi) is 7.97. The fourth-order valence-corrected chi connectivity index (χ4v) is 4.31. The number of carbonyl (C=O) groups excluding carboxylic acids is 3. The minimum atomic E-state index is -0.877. The van der Waals surface area contributed by atoms with Crippen molar-refractivity contribution in [3.8, 4) is 0 Å². The van der Waals surface area contributed by atoms with E-state index in [9.17, 15) is 14.4 Å². The van der Waals surface area contributed by atoms with Crippen LogP contribution < -0.4 is 5.32 Å². The lowest BCUT2D eigenvalue weighted by Gasteiger charge is -2.29. The lowest BCUT2D eigenvalue weighted by Crippen LogP contribution is -2.52. The second-order valence-electron chi connectivity index (χ2n) is 9.74. The summed E-state index contributed by atoms with van der Waals surface area (Å²) in [6.45, 7) is 9.53. The van der Waals surface area contributed by atoms with Crippen molar-refractivity contribution in [2.24, 2.45) is 5.92 Å². The topological polar surface area (TPSA) is 84.9 Å². The van der Waals surface area contributed by atoms with Crippen LogP contribution in [0.5, 0.6) is 0 Å². The third kappa shape index (κ3) is 6.37. The highest BCUT2D eigenvalue weighted by molar-refractivity contribution is 5.90. The van der Waals surface area contributed by atoms with Gasteiger partial charge in [0.1, 0.15) is 17.7 Å². The monoisotopic (exact) mass is 466 g/mol. The number of hydrogen-bond donors (Lipinski definition) is 1. The highest BCUT2D eigenvalue weighted by Gasteiger charge is 2.42. The lowest BCUT2D eigenvalue weighted by atomic mass is 10.00. The Balaban J connectivity index is 1.78. The number of carbonyl (C=O) groups is 3. The van der Waals surface area contributed by atoms with E-state index < -0.39 is 35.7 Å². The van der Waals surface area contributed by atoms with E-state index in [0.29, 0.717) is 19.4 Å². The van der Waals surface area contributed by atoms with Crippen molar-refractivity contribution < 1.29 is 23.9 Å². The van der Waals surface area contributed by atoms with Crippen LogP contribution in [0.25, 0.3) is 10.8 Å². The summed E-state index contributed by atoms with van der Waals surface area (Å²) >= 11 is 0. The first-order valence-electron chi connectivity index (χ1n) is 11.6. The number of amides is 2. The van der Waals surface area contributed by atoms with Crippen molar-refractivity contribution in [1.29, 1.82) is 0 Å². The van der Waals surface area contributed by atoms with Gasteiger partial charge in [0.05, 0.1) is 7.11 Å². The van der Waals surface area contributed by atoms with E-state index in [1.54, 1.807) is 26.8 Å². The van der Waals surface area contributed by atoms with Gasteiger partial charge in [-0.3, -0.25) is 9.69 Å². The molecule has 1 saturated heterocycles. The molecule has 0 radical (unpaired) electrons. The maximum Gasteiger partial charge on any atom is 0.410 e. The molecule has 34 heavy (non-hydrogen) atoms. The summed E-state index contributed by atoms with van der Waals surface area (Å²) in [6, 6.07) is 12.3. The van der Waals surface area contributed by atoms with Crippen LogP contribution in [0.4, 0.5) is 4.79 Å². The molecule has 0 bridgehead atoms. The molecule has 1 N–H and O–H groups in total. The summed E-state index contributed by atoms with van der Waals surface area (Å²) in [5.41, 5.74) is 0.216. The van der Waals surface area contributed by atoms with Crippen molar-refractivity contribution in [2.75, 3.05) is 13.7 Å². The number of methoxy groups -OCH3 is 1. The van der Waals surface area contributed by atoms with E-state index in [2.05, 4.69) is 11.9 Å². The SMILES string of the molecule is C=CC[C@H]1C[C@@H](C(=O)N[C@@H](Cc2ccc3ccccc3c2)C(=O)OC)N(C(=O)OC(C)(C)C)C1. The molecule has 7 heteroatoms. The Labute approximate surface area is 201 Å². The third-order valence-electron chi connectivity index (χ3n) is 5.87. The summed E-state index contributed by atoms with van der Waals surface area (Å²) in [5.74, 6) is -0.836. The molecule has 1 aliphatic heterocycles. The molecule has 0 aromatic heterocycles. The largest absolute Gasteiger partial charge is 0.467 e. The van der Waals surface area contributed by atoms with Crippen molar-refractivity contribution in [3.05, 3.63) is 60.7 Å². The maximum absolute atomic E-state index is 13.3. The number of allylic oxidation sites excluding steroid dienone is 1. The van der Waals surface area contributed by atoms with Gasteiger partial charge in [-0.15, -0.1) is 6.58 Å². The van der Waals surface area contributed by atoms with Crippen LogP contribution in [0.2, 0.25) is 0 Å². The van der Waals surface area contributed by atoms with Crippen molar-refractivity contribution in [2.45, 2.75) is 57.7 Å². The van der Waals surface area contributed by atoms with Crippen LogP contribution in [-0.2, 0) is 25.5 Å². The molecule has 1 heterocycles. The number of esters is 1. The molecule has 7 nitrogen and oxygen atoms in total. The molecule has 3 rings (SSSR count). The van der Waals surface area contributed by atoms with Crippen molar-refractivity contribution in [1.82, 2.24) is 10.2 Å². The number of benzene rings is 2. The molecular formula is C27H34N2O5. The van der Waals surface area contributed by atoms with E-state index in [0.717, 1.165) is 16.3 Å². The fourth-order valence-electron chi connectivity index (χ4n) is 4.31. The number of nitrogens with one attached hydrogen (secondary N) is 1. The van der Waals surface area contributed by atoms with Crippen LogP contribution in [0.15, 0.2) is 55.1 Å². The second kappa shape index (κ2) is 10.7. The van der Waals surface area contributed by atoms with E-state index >= 15 is 0 Å². The van der Waals surface area contributed by atoms with Gasteiger partial charge in [-0.25, -0.2) is 9.59 Å². The molecule has 2 amide bonds. The standard InChI is InChI=1S/C27H34N2O5/c1-6-9-19-16-23(29(17-19)26(32)34-27(2,3)4)24(30)28-22(25(31)33-5)15-18-12-13-20-10-7-8-11-21(20)14-18/h6-8,10-14,19,22-23H,1,9,15-17H2,2-5H3,(H,28,30)/t19-,22-,23-/m0/s1. The van der Waals surface area contributed by atoms with Crippen molar-refractivity contribution in [3.63, 3.8) is 0 Å². The van der Waals surface area contributed by atoms with E-state index in [-0.39, 0.29) is 12.3 Å². The van der Waals surface area contributed by atoms with Gasteiger partial charge in [-0.05, 0) is 55.9 Å². The first-order valence-corrected chi connectivity index (χ1v) is 11.6. The number of fused-ring (bicyclic) bond motifs is 1. The zero-order valence-corrected chi connectivity index (χ0v) is 20.4. The highest BCUT2D eigenvalue weighted by atomic mass is 16.6. The van der Waals surface area contributed by atoms with Gasteiger partial charge >= 0.3 is 12.1 Å². The second-order valence-corrected chi connectivity index (χ2v) is 9.74. The van der Waals surface area contributed by atoms with Crippen LogP contribution in [0, 0.1) is 5.92 Å². The molecule has 0 spiro atoms. The summed E-state index contributed by atoms with van der Waals surface area (Å²) in [7, 11) is 1.30. The normalized spacial score (nSPS) is 18.9. The van der Waals surface area contributed by atoms with Gasteiger partial charge in [-0.2, -0.15) is 0 Å². The average Bonchev–Trinajstić information content (AvgIpc) is 3.21. The van der Waals surface area contributed by atoms with Gasteiger partial charge < -0.3 is 14.8 Å². The highest BCUT2D eigenvalue weighted by Crippen LogP contribution is 2.28. The number of ether oxygens (including phenoxy) is 2. The van der Waals surface area contributed by atoms with Crippen LogP contribution in [-0.4, -0.2) is 54.2 Å². The minimum absolute atomic E-state index is 0.0952. The minimum Gasteiger partial charge on any atom is -0.467 e. The summed E-state index contributed by atoms with van der Waals surface area (Å²) < 4.78 is 10.5. The van der Waals surface area contributed by atoms with E-state index in [4.69, 9.17) is 9.47 Å². The number of rotatable bonds is 7. The number of hydrogen-bond acceptors (Lipinski definition) is 5. The van der Waals surface area contributed by atoms with Crippen LogP contribution >= 0.6 is 0 Å². The number of nitrogens with zero attached hydrogens (tertiary/aromatic N) is 1. The Morgan fingerprint density at radius 3 is 2.53 bits per heavy atom. The Bertz CT molecular complexity index is 1060. The molecular weight excluding hydrogens is 432 g/mol. The van der Waals surface area contributed by atoms with E-state index in [1.807, 2.05) is 42.5 Å². The maximum atomic E-state index is 13.3. The predicted molar refractivity (Wildman–Crippen MR) is 131 cm³/mol. The summed E-state index contributed by atoms with van der Waals surface area (Å²) in [5, 5.41) is 4.97. The quantitative estimate of drug-likeness (QED) is 0.487. The zero-order valence-electron chi connectivity index (χ0n) is 20.4. The van der Waals surface area contributed by atoms with Gasteiger partial charge in [0.25, 0.3) is 0 Å².